The third-order valence-corrected chi connectivity index (χ3v) is 3.82. The van der Waals surface area contributed by atoms with Crippen LogP contribution in [0.1, 0.15) is 27.8 Å². The van der Waals surface area contributed by atoms with Crippen molar-refractivity contribution >= 4 is 39.8 Å². The molecule has 1 heterocycles. The predicted molar refractivity (Wildman–Crippen MR) is 84.6 cm³/mol. The zero-order valence-electron chi connectivity index (χ0n) is 12.1. The molecule has 6 nitrogen and oxygen atoms in total. The van der Waals surface area contributed by atoms with Gasteiger partial charge in [-0.05, 0) is 12.1 Å². The van der Waals surface area contributed by atoms with Crippen molar-refractivity contribution in [1.82, 2.24) is 4.98 Å². The summed E-state index contributed by atoms with van der Waals surface area (Å²) >= 11 is 7.23. The molecule has 22 heavy (non-hydrogen) atoms. The van der Waals surface area contributed by atoms with Crippen LogP contribution in [-0.4, -0.2) is 30.9 Å². The number of ether oxygens (including phenoxy) is 2. The Balaban J connectivity index is 2.25. The van der Waals surface area contributed by atoms with Gasteiger partial charge in [0.15, 0.2) is 22.4 Å². The normalized spacial score (nSPS) is 10.2. The van der Waals surface area contributed by atoms with Crippen molar-refractivity contribution in [2.45, 2.75) is 6.92 Å². The summed E-state index contributed by atoms with van der Waals surface area (Å²) in [6, 6.07) is 2.98. The van der Waals surface area contributed by atoms with Crippen LogP contribution in [-0.2, 0) is 0 Å². The highest BCUT2D eigenvalue weighted by molar-refractivity contribution is 7.14. The van der Waals surface area contributed by atoms with Gasteiger partial charge in [0.05, 0.1) is 19.2 Å². The van der Waals surface area contributed by atoms with E-state index in [2.05, 4.69) is 10.3 Å². The summed E-state index contributed by atoms with van der Waals surface area (Å²) in [5.41, 5.74) is 0.605. The highest BCUT2D eigenvalue weighted by Crippen LogP contribution is 2.36. The van der Waals surface area contributed by atoms with Crippen LogP contribution in [0, 0.1) is 0 Å². The lowest BCUT2D eigenvalue weighted by Crippen LogP contribution is -2.12. The smallest absolute Gasteiger partial charge is 0.257 e. The second-order valence-electron chi connectivity index (χ2n) is 4.24. The minimum Gasteiger partial charge on any atom is -0.493 e. The molecule has 0 spiro atoms. The molecule has 0 aliphatic heterocycles. The molecule has 0 saturated heterocycles. The number of methoxy groups -OCH3 is 2. The number of Topliss-reactive ketones (excluding diaryl/α,β-unsaturated/α-hetero) is 1. The Labute approximate surface area is 136 Å². The molecule has 1 amide bonds. The molecule has 2 rings (SSSR count). The molecule has 0 radical (unpaired) electrons. The highest BCUT2D eigenvalue weighted by Gasteiger charge is 2.16. The van der Waals surface area contributed by atoms with E-state index in [-0.39, 0.29) is 10.8 Å². The molecule has 1 aromatic heterocycles. The predicted octanol–water partition coefficient (Wildman–Crippen LogP) is 3.27. The van der Waals surface area contributed by atoms with Crippen molar-refractivity contribution in [2.75, 3.05) is 19.5 Å². The first-order valence-corrected chi connectivity index (χ1v) is 7.41. The number of carbonyl (C=O) groups excluding carboxylic acids is 2. The third-order valence-electron chi connectivity index (χ3n) is 2.78. The van der Waals surface area contributed by atoms with E-state index < -0.39 is 5.91 Å². The van der Waals surface area contributed by atoms with E-state index >= 15 is 0 Å². The zero-order chi connectivity index (χ0) is 16.3. The largest absolute Gasteiger partial charge is 0.493 e. The number of ketones is 1. The maximum Gasteiger partial charge on any atom is 0.257 e. The number of hydrogen-bond acceptors (Lipinski definition) is 6. The van der Waals surface area contributed by atoms with Crippen molar-refractivity contribution in [3.05, 3.63) is 33.8 Å². The second-order valence-corrected chi connectivity index (χ2v) is 5.51. The Hall–Kier alpha value is -2.12. The molecule has 0 aliphatic rings. The van der Waals surface area contributed by atoms with E-state index in [0.717, 1.165) is 0 Å². The van der Waals surface area contributed by atoms with Crippen molar-refractivity contribution in [3.8, 4) is 11.5 Å². The summed E-state index contributed by atoms with van der Waals surface area (Å²) < 4.78 is 10.3. The lowest BCUT2D eigenvalue weighted by atomic mass is 10.2. The molecule has 1 aromatic carbocycles. The number of rotatable bonds is 5. The summed E-state index contributed by atoms with van der Waals surface area (Å²) in [6.45, 7) is 1.41. The average Bonchev–Trinajstić information content (AvgIpc) is 2.94. The summed E-state index contributed by atoms with van der Waals surface area (Å²) in [7, 11) is 2.91. The Morgan fingerprint density at radius 2 is 2.00 bits per heavy atom. The number of aromatic nitrogens is 1. The van der Waals surface area contributed by atoms with Gasteiger partial charge in [-0.3, -0.25) is 14.9 Å². The van der Waals surface area contributed by atoms with E-state index in [1.807, 2.05) is 0 Å². The van der Waals surface area contributed by atoms with Crippen LogP contribution >= 0.6 is 22.9 Å². The van der Waals surface area contributed by atoms with Gasteiger partial charge < -0.3 is 9.47 Å². The number of hydrogen-bond donors (Lipinski definition) is 1. The number of anilines is 1. The van der Waals surface area contributed by atoms with E-state index in [1.54, 1.807) is 5.38 Å². The van der Waals surface area contributed by atoms with Crippen LogP contribution in [0.5, 0.6) is 11.5 Å². The Morgan fingerprint density at radius 3 is 2.55 bits per heavy atom. The van der Waals surface area contributed by atoms with Crippen LogP contribution < -0.4 is 14.8 Å². The highest BCUT2D eigenvalue weighted by atomic mass is 35.5. The number of benzene rings is 1. The minimum absolute atomic E-state index is 0.161. The maximum absolute atomic E-state index is 12.2. The van der Waals surface area contributed by atoms with Crippen LogP contribution in [0.15, 0.2) is 17.5 Å². The van der Waals surface area contributed by atoms with Gasteiger partial charge in [-0.25, -0.2) is 4.98 Å². The minimum atomic E-state index is -0.410. The number of halogens is 1. The van der Waals surface area contributed by atoms with Gasteiger partial charge in [0.2, 0.25) is 0 Å². The first-order chi connectivity index (χ1) is 10.5. The van der Waals surface area contributed by atoms with Gasteiger partial charge in [0, 0.05) is 17.9 Å². The summed E-state index contributed by atoms with van der Waals surface area (Å²) in [6.07, 6.45) is 0. The lowest BCUT2D eigenvalue weighted by molar-refractivity contribution is 0.100. The summed E-state index contributed by atoms with van der Waals surface area (Å²) in [5.74, 6) is 0.135. The molecule has 0 unspecified atom stereocenters. The number of thiazole rings is 1. The first-order valence-electron chi connectivity index (χ1n) is 6.15. The van der Waals surface area contributed by atoms with E-state index in [1.165, 1.54) is 44.6 Å². The molecule has 0 aliphatic carbocycles. The molecular weight excluding hydrogens is 328 g/mol. The van der Waals surface area contributed by atoms with Gasteiger partial charge in [-0.2, -0.15) is 0 Å². The van der Waals surface area contributed by atoms with Crippen LogP contribution in [0.25, 0.3) is 0 Å². The number of nitrogens with one attached hydrogen (secondary N) is 1. The lowest BCUT2D eigenvalue weighted by Gasteiger charge is -2.11. The fraction of sp³-hybridized carbons (Fsp3) is 0.214. The van der Waals surface area contributed by atoms with E-state index in [0.29, 0.717) is 27.9 Å². The van der Waals surface area contributed by atoms with Gasteiger partial charge >= 0.3 is 0 Å². The molecule has 0 saturated carbocycles. The Bertz CT molecular complexity index is 730. The maximum atomic E-state index is 12.2. The van der Waals surface area contributed by atoms with Gasteiger partial charge in [0.25, 0.3) is 5.91 Å². The topological polar surface area (TPSA) is 77.5 Å². The van der Waals surface area contributed by atoms with E-state index in [4.69, 9.17) is 21.1 Å². The molecule has 0 atom stereocenters. The van der Waals surface area contributed by atoms with Crippen molar-refractivity contribution in [3.63, 3.8) is 0 Å². The fourth-order valence-corrected chi connectivity index (χ4v) is 2.74. The van der Waals surface area contributed by atoms with Gasteiger partial charge in [-0.1, -0.05) is 11.6 Å². The van der Waals surface area contributed by atoms with Crippen LogP contribution in [0.4, 0.5) is 5.13 Å². The molecule has 2 aromatic rings. The fourth-order valence-electron chi connectivity index (χ4n) is 1.71. The standard InChI is InChI=1S/C14H13ClN2O4S/c1-7(18)10-6-22-14(16-10)17-13(19)8-4-9(15)12(21-3)11(5-8)20-2/h4-6H,1-3H3,(H,16,17,19). The average molecular weight is 341 g/mol. The van der Waals surface area contributed by atoms with Crippen LogP contribution in [0.2, 0.25) is 5.02 Å². The first kappa shape index (κ1) is 16.3. The SMILES string of the molecule is COc1cc(C(=O)Nc2nc(C(C)=O)cs2)cc(Cl)c1OC. The van der Waals surface area contributed by atoms with Gasteiger partial charge in [0.1, 0.15) is 5.69 Å². The summed E-state index contributed by atoms with van der Waals surface area (Å²) in [5, 5.41) is 4.79. The zero-order valence-corrected chi connectivity index (χ0v) is 13.7. The number of nitrogens with zero attached hydrogens (tertiary/aromatic N) is 1. The molecular formula is C14H13ClN2O4S. The second kappa shape index (κ2) is 6.76. The van der Waals surface area contributed by atoms with Crippen molar-refractivity contribution in [2.24, 2.45) is 0 Å². The molecule has 8 heteroatoms. The molecule has 0 bridgehead atoms. The quantitative estimate of drug-likeness (QED) is 0.845. The molecule has 1 N–H and O–H groups in total. The van der Waals surface area contributed by atoms with Crippen LogP contribution in [0.3, 0.4) is 0 Å². The van der Waals surface area contributed by atoms with Crippen molar-refractivity contribution in [1.29, 1.82) is 0 Å². The molecule has 0 fully saturated rings. The van der Waals surface area contributed by atoms with Gasteiger partial charge in [-0.15, -0.1) is 11.3 Å². The van der Waals surface area contributed by atoms with E-state index in [9.17, 15) is 9.59 Å². The van der Waals surface area contributed by atoms with Crippen molar-refractivity contribution < 1.29 is 19.1 Å². The molecule has 116 valence electrons. The number of carbonyl (C=O) groups is 2. The number of amides is 1. The third kappa shape index (κ3) is 3.37. The monoisotopic (exact) mass is 340 g/mol. The Kier molecular flexibility index (Phi) is 4.99. The summed E-state index contributed by atoms with van der Waals surface area (Å²) in [4.78, 5) is 27.4. The Morgan fingerprint density at radius 1 is 1.27 bits per heavy atom.